The third-order valence-corrected chi connectivity index (χ3v) is 1.98. The molecule has 4 nitrogen and oxygen atoms in total. The molecule has 0 fully saturated rings. The highest BCUT2D eigenvalue weighted by molar-refractivity contribution is 9.10. The lowest BCUT2D eigenvalue weighted by Crippen LogP contribution is -2.36. The van der Waals surface area contributed by atoms with Gasteiger partial charge in [0, 0.05) is 7.05 Å². The molecule has 2 N–H and O–H groups in total. The van der Waals surface area contributed by atoms with Crippen LogP contribution in [0.3, 0.4) is 0 Å². The van der Waals surface area contributed by atoms with Crippen molar-refractivity contribution >= 4 is 39.2 Å². The first-order chi connectivity index (χ1) is 6.13. The lowest BCUT2D eigenvalue weighted by Gasteiger charge is -2.02. The van der Waals surface area contributed by atoms with E-state index in [1.54, 1.807) is 19.2 Å². The molecular weight excluding hydrogens is 256 g/mol. The molecule has 0 atom stereocenters. The van der Waals surface area contributed by atoms with Crippen molar-refractivity contribution in [3.63, 3.8) is 0 Å². The fourth-order valence-electron chi connectivity index (χ4n) is 0.664. The van der Waals surface area contributed by atoms with Crippen LogP contribution in [0.4, 0.5) is 0 Å². The summed E-state index contributed by atoms with van der Waals surface area (Å²) in [5, 5.41) is 5.31. The Kier molecular flexibility index (Phi) is 3.44. The molecule has 0 aliphatic carbocycles. The molecule has 1 heterocycles. The molecule has 0 saturated carbocycles. The Labute approximate surface area is 88.8 Å². The highest BCUT2D eigenvalue weighted by atomic mass is 79.9. The molecule has 0 unspecified atom stereocenters. The van der Waals surface area contributed by atoms with E-state index < -0.39 is 0 Å². The summed E-state index contributed by atoms with van der Waals surface area (Å²) in [6, 6.07) is 3.19. The molecule has 0 aliphatic rings. The summed E-state index contributed by atoms with van der Waals surface area (Å²) in [6.45, 7) is 0. The number of hydrogen-bond acceptors (Lipinski definition) is 3. The Morgan fingerprint density at radius 1 is 1.62 bits per heavy atom. The Bertz CT molecular complexity index is 337. The summed E-state index contributed by atoms with van der Waals surface area (Å²) in [5.74, 6) is -0.158. The molecule has 1 aromatic heterocycles. The maximum Gasteiger partial charge on any atom is 0.293 e. The summed E-state index contributed by atoms with van der Waals surface area (Å²) in [5.41, 5.74) is 0. The number of carbonyl (C=O) groups is 1. The van der Waals surface area contributed by atoms with Crippen molar-refractivity contribution in [1.29, 1.82) is 0 Å². The molecule has 0 aromatic carbocycles. The average molecular weight is 263 g/mol. The summed E-state index contributed by atoms with van der Waals surface area (Å²) in [4.78, 5) is 11.3. The maximum absolute atomic E-state index is 11.3. The summed E-state index contributed by atoms with van der Waals surface area (Å²) >= 11 is 7.83. The number of furan rings is 1. The lowest BCUT2D eigenvalue weighted by molar-refractivity contribution is 0.0948. The van der Waals surface area contributed by atoms with Gasteiger partial charge in [-0.3, -0.25) is 10.1 Å². The van der Waals surface area contributed by atoms with Gasteiger partial charge in [0.2, 0.25) is 0 Å². The Balaban J connectivity index is 2.64. The van der Waals surface area contributed by atoms with Gasteiger partial charge in [0.15, 0.2) is 15.5 Å². The molecule has 1 aromatic rings. The van der Waals surface area contributed by atoms with Crippen LogP contribution in [0.25, 0.3) is 0 Å². The highest BCUT2D eigenvalue weighted by Gasteiger charge is 2.10. The van der Waals surface area contributed by atoms with Crippen LogP contribution in [0, 0.1) is 0 Å². The van der Waals surface area contributed by atoms with E-state index in [0.717, 1.165) is 0 Å². The van der Waals surface area contributed by atoms with Crippen molar-refractivity contribution in [3.05, 3.63) is 22.6 Å². The summed E-state index contributed by atoms with van der Waals surface area (Å²) < 4.78 is 5.52. The average Bonchev–Trinajstić information content (AvgIpc) is 2.51. The van der Waals surface area contributed by atoms with Gasteiger partial charge in [-0.05, 0) is 40.3 Å². The third kappa shape index (κ3) is 2.82. The zero-order chi connectivity index (χ0) is 9.84. The minimum Gasteiger partial charge on any atom is -0.444 e. The monoisotopic (exact) mass is 262 g/mol. The first-order valence-corrected chi connectivity index (χ1v) is 4.62. The largest absolute Gasteiger partial charge is 0.444 e. The number of nitrogens with one attached hydrogen (secondary N) is 2. The molecule has 6 heteroatoms. The van der Waals surface area contributed by atoms with Crippen molar-refractivity contribution in [3.8, 4) is 0 Å². The third-order valence-electron chi connectivity index (χ3n) is 1.25. The molecular formula is C7H7BrN2O2S. The fourth-order valence-corrected chi connectivity index (χ4v) is 1.06. The van der Waals surface area contributed by atoms with E-state index in [2.05, 4.69) is 26.6 Å². The summed E-state index contributed by atoms with van der Waals surface area (Å²) in [6.07, 6.45) is 0. The van der Waals surface area contributed by atoms with E-state index in [1.165, 1.54) is 0 Å². The second-order valence-electron chi connectivity index (χ2n) is 2.14. The predicted molar refractivity (Wildman–Crippen MR) is 55.5 cm³/mol. The van der Waals surface area contributed by atoms with Crippen molar-refractivity contribution in [1.82, 2.24) is 10.6 Å². The van der Waals surface area contributed by atoms with Gasteiger partial charge in [-0.2, -0.15) is 0 Å². The Hall–Kier alpha value is -0.880. The zero-order valence-corrected chi connectivity index (χ0v) is 9.16. The molecule has 0 aliphatic heterocycles. The number of carbonyl (C=O) groups excluding carboxylic acids is 1. The number of thiocarbonyl (C=S) groups is 1. The zero-order valence-electron chi connectivity index (χ0n) is 6.76. The van der Waals surface area contributed by atoms with Crippen LogP contribution in [0.15, 0.2) is 21.2 Å². The Morgan fingerprint density at radius 2 is 2.31 bits per heavy atom. The van der Waals surface area contributed by atoms with E-state index >= 15 is 0 Å². The second kappa shape index (κ2) is 4.38. The van der Waals surface area contributed by atoms with E-state index in [-0.39, 0.29) is 16.8 Å². The van der Waals surface area contributed by atoms with E-state index in [1.807, 2.05) is 0 Å². The first kappa shape index (κ1) is 10.2. The molecule has 0 bridgehead atoms. The number of rotatable bonds is 1. The molecule has 13 heavy (non-hydrogen) atoms. The molecule has 1 rings (SSSR count). The van der Waals surface area contributed by atoms with Crippen LogP contribution in [-0.4, -0.2) is 18.1 Å². The van der Waals surface area contributed by atoms with E-state index in [9.17, 15) is 4.79 Å². The van der Waals surface area contributed by atoms with Gasteiger partial charge in [-0.25, -0.2) is 0 Å². The number of amides is 1. The smallest absolute Gasteiger partial charge is 0.293 e. The van der Waals surface area contributed by atoms with E-state index in [0.29, 0.717) is 4.67 Å². The normalized spacial score (nSPS) is 9.38. The maximum atomic E-state index is 11.3. The van der Waals surface area contributed by atoms with Gasteiger partial charge >= 0.3 is 0 Å². The lowest BCUT2D eigenvalue weighted by atomic mass is 10.4. The molecule has 1 amide bonds. The van der Waals surface area contributed by atoms with Gasteiger partial charge in [0.1, 0.15) is 0 Å². The van der Waals surface area contributed by atoms with Crippen molar-refractivity contribution in [2.75, 3.05) is 7.05 Å². The summed E-state index contributed by atoms with van der Waals surface area (Å²) in [7, 11) is 1.63. The van der Waals surface area contributed by atoms with Crippen LogP contribution < -0.4 is 10.6 Å². The molecule has 0 spiro atoms. The topological polar surface area (TPSA) is 54.3 Å². The van der Waals surface area contributed by atoms with Gasteiger partial charge in [0.05, 0.1) is 0 Å². The standard InChI is InChI=1S/C7H7BrN2O2S/c1-9-7(13)10-6(11)4-2-3-5(8)12-4/h2-3H,1H3,(H2,9,10,11,13). The number of halogens is 1. The van der Waals surface area contributed by atoms with Crippen LogP contribution >= 0.6 is 28.1 Å². The molecule has 0 radical (unpaired) electrons. The van der Waals surface area contributed by atoms with Crippen molar-refractivity contribution in [2.45, 2.75) is 0 Å². The highest BCUT2D eigenvalue weighted by Crippen LogP contribution is 2.13. The minimum atomic E-state index is -0.370. The second-order valence-corrected chi connectivity index (χ2v) is 3.33. The minimum absolute atomic E-state index is 0.212. The van der Waals surface area contributed by atoms with Gasteiger partial charge < -0.3 is 9.73 Å². The van der Waals surface area contributed by atoms with Crippen LogP contribution in [0.1, 0.15) is 10.6 Å². The first-order valence-electron chi connectivity index (χ1n) is 3.42. The quantitative estimate of drug-likeness (QED) is 0.749. The van der Waals surface area contributed by atoms with Crippen LogP contribution in [0.5, 0.6) is 0 Å². The van der Waals surface area contributed by atoms with Crippen molar-refractivity contribution in [2.24, 2.45) is 0 Å². The fraction of sp³-hybridized carbons (Fsp3) is 0.143. The molecule has 70 valence electrons. The number of hydrogen-bond donors (Lipinski definition) is 2. The van der Waals surface area contributed by atoms with Crippen LogP contribution in [-0.2, 0) is 0 Å². The van der Waals surface area contributed by atoms with E-state index in [4.69, 9.17) is 16.6 Å². The van der Waals surface area contributed by atoms with Crippen LogP contribution in [0.2, 0.25) is 0 Å². The molecule has 0 saturated heterocycles. The van der Waals surface area contributed by atoms with Gasteiger partial charge in [-0.15, -0.1) is 0 Å². The van der Waals surface area contributed by atoms with Crippen molar-refractivity contribution < 1.29 is 9.21 Å². The predicted octanol–water partition coefficient (Wildman–Crippen LogP) is 1.28. The Morgan fingerprint density at radius 3 is 2.77 bits per heavy atom. The van der Waals surface area contributed by atoms with Gasteiger partial charge in [-0.1, -0.05) is 0 Å². The van der Waals surface area contributed by atoms with Gasteiger partial charge in [0.25, 0.3) is 5.91 Å². The SMILES string of the molecule is CNC(=S)NC(=O)c1ccc(Br)o1.